The Kier molecular flexibility index (Phi) is 7.20. The van der Waals surface area contributed by atoms with Crippen LogP contribution in [0.1, 0.15) is 28.8 Å². The zero-order chi connectivity index (χ0) is 23.9. The summed E-state index contributed by atoms with van der Waals surface area (Å²) in [5.41, 5.74) is 2.81. The van der Waals surface area contributed by atoms with Gasteiger partial charge < -0.3 is 24.3 Å². The quantitative estimate of drug-likeness (QED) is 0.520. The molecular formula is C25H24N4O5. The van der Waals surface area contributed by atoms with E-state index in [2.05, 4.69) is 21.4 Å². The molecule has 3 aromatic rings. The minimum absolute atomic E-state index is 0.0455. The van der Waals surface area contributed by atoms with E-state index in [0.717, 1.165) is 18.4 Å². The summed E-state index contributed by atoms with van der Waals surface area (Å²) in [6, 6.07) is 14.4. The predicted octanol–water partition coefficient (Wildman–Crippen LogP) is 4.11. The number of ether oxygens (including phenoxy) is 4. The number of nitrogens with zero attached hydrogens (tertiary/aromatic N) is 3. The molecule has 0 radical (unpaired) electrons. The topological polar surface area (TPSA) is 116 Å². The van der Waals surface area contributed by atoms with E-state index in [1.807, 2.05) is 6.07 Å². The highest BCUT2D eigenvalue weighted by molar-refractivity contribution is 5.93. The Morgan fingerprint density at radius 2 is 1.94 bits per heavy atom. The Hall–Kier alpha value is -4.16. The largest absolute Gasteiger partial charge is 0.496 e. The molecule has 1 fully saturated rings. The van der Waals surface area contributed by atoms with Crippen LogP contribution in [-0.4, -0.2) is 49.5 Å². The molecule has 34 heavy (non-hydrogen) atoms. The summed E-state index contributed by atoms with van der Waals surface area (Å²) >= 11 is 0. The molecule has 0 spiro atoms. The summed E-state index contributed by atoms with van der Waals surface area (Å²) in [5, 5.41) is 12.8. The number of rotatable bonds is 7. The fourth-order valence-corrected chi connectivity index (χ4v) is 3.61. The Bertz CT molecular complexity index is 1220. The number of nitrogens with one attached hydrogen (secondary N) is 1. The normalized spacial score (nSPS) is 13.6. The molecule has 4 rings (SSSR count). The maximum atomic E-state index is 11.9. The van der Waals surface area contributed by atoms with Gasteiger partial charge in [0, 0.05) is 36.4 Å². The van der Waals surface area contributed by atoms with Crippen LogP contribution in [0.5, 0.6) is 11.5 Å². The summed E-state index contributed by atoms with van der Waals surface area (Å²) in [7, 11) is 2.79. The summed E-state index contributed by atoms with van der Waals surface area (Å²) < 4.78 is 21.5. The molecule has 174 valence electrons. The number of hydrogen-bond acceptors (Lipinski definition) is 9. The fourth-order valence-electron chi connectivity index (χ4n) is 3.61. The van der Waals surface area contributed by atoms with Gasteiger partial charge in [0.25, 0.3) is 0 Å². The van der Waals surface area contributed by atoms with Crippen LogP contribution in [0.15, 0.2) is 48.7 Å². The van der Waals surface area contributed by atoms with Gasteiger partial charge in [-0.15, -0.1) is 0 Å². The standard InChI is InChI=1S/C25H24N4O5/c1-31-23-14-18(4-5-20(23)24(30)32-2)28-25-27-10-7-21(29-25)16-3-6-22(17(13-16)15-26)34-19-8-11-33-12-9-19/h3-7,10,13-14,19H,8-9,11-12H2,1-2H3,(H,27,28,29). The molecule has 0 amide bonds. The summed E-state index contributed by atoms with van der Waals surface area (Å²) in [4.78, 5) is 20.7. The van der Waals surface area contributed by atoms with Gasteiger partial charge in [-0.3, -0.25) is 0 Å². The van der Waals surface area contributed by atoms with E-state index in [9.17, 15) is 10.1 Å². The van der Waals surface area contributed by atoms with Gasteiger partial charge in [-0.05, 0) is 36.4 Å². The maximum Gasteiger partial charge on any atom is 0.341 e. The van der Waals surface area contributed by atoms with Gasteiger partial charge in [-0.25, -0.2) is 14.8 Å². The monoisotopic (exact) mass is 460 g/mol. The minimum atomic E-state index is -0.487. The zero-order valence-corrected chi connectivity index (χ0v) is 18.9. The van der Waals surface area contributed by atoms with Gasteiger partial charge in [-0.2, -0.15) is 5.26 Å². The first-order valence-corrected chi connectivity index (χ1v) is 10.8. The molecule has 2 heterocycles. The molecule has 1 aliphatic rings. The molecule has 1 aliphatic heterocycles. The fraction of sp³-hybridized carbons (Fsp3) is 0.280. The van der Waals surface area contributed by atoms with Crippen molar-refractivity contribution in [2.75, 3.05) is 32.8 Å². The predicted molar refractivity (Wildman–Crippen MR) is 124 cm³/mol. The highest BCUT2D eigenvalue weighted by Gasteiger charge is 2.18. The molecular weight excluding hydrogens is 436 g/mol. The zero-order valence-electron chi connectivity index (χ0n) is 18.9. The smallest absolute Gasteiger partial charge is 0.341 e. The number of anilines is 2. The van der Waals surface area contributed by atoms with Gasteiger partial charge in [-0.1, -0.05) is 0 Å². The average molecular weight is 460 g/mol. The van der Waals surface area contributed by atoms with Crippen molar-refractivity contribution in [1.82, 2.24) is 9.97 Å². The Morgan fingerprint density at radius 3 is 2.68 bits per heavy atom. The van der Waals surface area contributed by atoms with E-state index in [1.165, 1.54) is 14.2 Å². The molecule has 9 nitrogen and oxygen atoms in total. The van der Waals surface area contributed by atoms with Gasteiger partial charge in [0.15, 0.2) is 0 Å². The second kappa shape index (κ2) is 10.6. The van der Waals surface area contributed by atoms with Gasteiger partial charge in [0.2, 0.25) is 5.95 Å². The lowest BCUT2D eigenvalue weighted by Gasteiger charge is -2.23. The van der Waals surface area contributed by atoms with Crippen molar-refractivity contribution in [2.45, 2.75) is 18.9 Å². The average Bonchev–Trinajstić information content (AvgIpc) is 2.89. The van der Waals surface area contributed by atoms with Crippen LogP contribution in [0.3, 0.4) is 0 Å². The molecule has 1 N–H and O–H groups in total. The third-order valence-corrected chi connectivity index (χ3v) is 5.38. The van der Waals surface area contributed by atoms with Crippen molar-refractivity contribution < 1.29 is 23.7 Å². The third-order valence-electron chi connectivity index (χ3n) is 5.38. The molecule has 0 unspecified atom stereocenters. The number of carbonyl (C=O) groups excluding carboxylic acids is 1. The van der Waals surface area contributed by atoms with Crippen LogP contribution in [0.25, 0.3) is 11.3 Å². The first-order chi connectivity index (χ1) is 16.6. The van der Waals surface area contributed by atoms with E-state index in [0.29, 0.717) is 53.2 Å². The summed E-state index contributed by atoms with van der Waals surface area (Å²) in [5.74, 6) is 0.792. The number of hydrogen-bond donors (Lipinski definition) is 1. The first kappa shape index (κ1) is 23.0. The summed E-state index contributed by atoms with van der Waals surface area (Å²) in [6.07, 6.45) is 3.28. The van der Waals surface area contributed by atoms with Crippen molar-refractivity contribution >= 4 is 17.6 Å². The number of nitriles is 1. The van der Waals surface area contributed by atoms with E-state index in [1.54, 1.807) is 42.6 Å². The number of carbonyl (C=O) groups is 1. The number of aromatic nitrogens is 2. The second-order valence-corrected chi connectivity index (χ2v) is 7.55. The van der Waals surface area contributed by atoms with Crippen LogP contribution in [-0.2, 0) is 9.47 Å². The lowest BCUT2D eigenvalue weighted by Crippen LogP contribution is -2.26. The van der Waals surface area contributed by atoms with E-state index < -0.39 is 5.97 Å². The van der Waals surface area contributed by atoms with Crippen LogP contribution in [0, 0.1) is 11.3 Å². The Balaban J connectivity index is 1.54. The molecule has 1 aromatic heterocycles. The molecule has 0 bridgehead atoms. The van der Waals surface area contributed by atoms with Gasteiger partial charge >= 0.3 is 5.97 Å². The van der Waals surface area contributed by atoms with E-state index >= 15 is 0 Å². The lowest BCUT2D eigenvalue weighted by atomic mass is 10.1. The maximum absolute atomic E-state index is 11.9. The molecule has 9 heteroatoms. The Morgan fingerprint density at radius 1 is 1.12 bits per heavy atom. The van der Waals surface area contributed by atoms with E-state index in [4.69, 9.17) is 18.9 Å². The molecule has 2 aromatic carbocycles. The van der Waals surface area contributed by atoms with Crippen molar-refractivity contribution in [3.8, 4) is 28.8 Å². The highest BCUT2D eigenvalue weighted by atomic mass is 16.5. The van der Waals surface area contributed by atoms with Crippen molar-refractivity contribution in [3.63, 3.8) is 0 Å². The van der Waals surface area contributed by atoms with Crippen LogP contribution < -0.4 is 14.8 Å². The SMILES string of the molecule is COC(=O)c1ccc(Nc2nccc(-c3ccc(OC4CCOCC4)c(C#N)c3)n2)cc1OC. The van der Waals surface area contributed by atoms with Gasteiger partial charge in [0.05, 0.1) is 38.7 Å². The number of esters is 1. The highest BCUT2D eigenvalue weighted by Crippen LogP contribution is 2.29. The van der Waals surface area contributed by atoms with Crippen molar-refractivity contribution in [3.05, 3.63) is 59.8 Å². The van der Waals surface area contributed by atoms with Crippen LogP contribution in [0.4, 0.5) is 11.6 Å². The lowest BCUT2D eigenvalue weighted by molar-refractivity contribution is 0.0254. The number of benzene rings is 2. The first-order valence-electron chi connectivity index (χ1n) is 10.8. The number of methoxy groups -OCH3 is 2. The summed E-state index contributed by atoms with van der Waals surface area (Å²) in [6.45, 7) is 1.33. The minimum Gasteiger partial charge on any atom is -0.496 e. The Labute approximate surface area is 197 Å². The van der Waals surface area contributed by atoms with E-state index in [-0.39, 0.29) is 6.10 Å². The second-order valence-electron chi connectivity index (χ2n) is 7.55. The molecule has 0 aliphatic carbocycles. The van der Waals surface area contributed by atoms with Crippen LogP contribution in [0.2, 0.25) is 0 Å². The molecule has 0 saturated carbocycles. The van der Waals surface area contributed by atoms with Crippen molar-refractivity contribution in [1.29, 1.82) is 5.26 Å². The van der Waals surface area contributed by atoms with Crippen molar-refractivity contribution in [2.24, 2.45) is 0 Å². The molecule has 1 saturated heterocycles. The van der Waals surface area contributed by atoms with Crippen LogP contribution >= 0.6 is 0 Å². The van der Waals surface area contributed by atoms with Gasteiger partial charge in [0.1, 0.15) is 29.2 Å². The molecule has 0 atom stereocenters. The third kappa shape index (κ3) is 5.24.